The van der Waals surface area contributed by atoms with Gasteiger partial charge in [0.05, 0.1) is 6.07 Å². The minimum absolute atomic E-state index is 0.0240. The molecule has 1 heterocycles. The van der Waals surface area contributed by atoms with Gasteiger partial charge in [0, 0.05) is 17.5 Å². The molecule has 2 N–H and O–H groups in total. The average molecular weight is 355 g/mol. The number of carbonyl (C=O) groups is 2. The summed E-state index contributed by atoms with van der Waals surface area (Å²) in [5.74, 6) is -1.26. The van der Waals surface area contributed by atoms with Crippen molar-refractivity contribution in [2.24, 2.45) is 5.41 Å². The lowest BCUT2D eigenvalue weighted by Gasteiger charge is -2.19. The smallest absolute Gasteiger partial charge is 0.355 e. The molecule has 1 saturated carbocycles. The molecule has 0 radical (unpaired) electrons. The van der Waals surface area contributed by atoms with Gasteiger partial charge < -0.3 is 10.4 Å². The molecule has 7 heteroatoms. The summed E-state index contributed by atoms with van der Waals surface area (Å²) in [5.41, 5.74) is 0.823. The number of carbonyl (C=O) groups excluding carboxylic acids is 1. The molecule has 0 aliphatic heterocycles. The number of hydrogen-bond acceptors (Lipinski definition) is 5. The van der Waals surface area contributed by atoms with Crippen molar-refractivity contribution >= 4 is 23.2 Å². The third-order valence-corrected chi connectivity index (χ3v) is 5.35. The molecule has 1 amide bonds. The maximum Gasteiger partial charge on any atom is 0.355 e. The second kappa shape index (κ2) is 7.03. The Bertz CT molecular complexity index is 847. The van der Waals surface area contributed by atoms with Crippen LogP contribution >= 0.6 is 11.3 Å². The molecule has 0 atom stereocenters. The third-order valence-electron chi connectivity index (χ3n) is 4.46. The van der Waals surface area contributed by atoms with Crippen molar-refractivity contribution in [1.82, 2.24) is 10.3 Å². The highest BCUT2D eigenvalue weighted by Gasteiger charge is 2.41. The maximum absolute atomic E-state index is 12.4. The van der Waals surface area contributed by atoms with E-state index in [1.165, 1.54) is 16.7 Å². The Morgan fingerprint density at radius 3 is 2.76 bits per heavy atom. The lowest BCUT2D eigenvalue weighted by Crippen LogP contribution is -2.37. The van der Waals surface area contributed by atoms with Gasteiger partial charge in [0.2, 0.25) is 5.91 Å². The first kappa shape index (κ1) is 17.1. The van der Waals surface area contributed by atoms with Gasteiger partial charge in [0.25, 0.3) is 0 Å². The fraction of sp³-hybridized carbons (Fsp3) is 0.333. The van der Waals surface area contributed by atoms with Crippen molar-refractivity contribution in [3.8, 4) is 16.6 Å². The zero-order valence-electron chi connectivity index (χ0n) is 13.5. The largest absolute Gasteiger partial charge is 0.476 e. The Labute approximate surface area is 149 Å². The minimum Gasteiger partial charge on any atom is -0.476 e. The zero-order chi connectivity index (χ0) is 17.9. The van der Waals surface area contributed by atoms with Gasteiger partial charge in [-0.25, -0.2) is 9.78 Å². The number of nitrogens with zero attached hydrogens (tertiary/aromatic N) is 2. The molecule has 25 heavy (non-hydrogen) atoms. The van der Waals surface area contributed by atoms with Crippen LogP contribution in [0.2, 0.25) is 0 Å². The molecule has 0 saturated heterocycles. The summed E-state index contributed by atoms with van der Waals surface area (Å²) in [5, 5.41) is 23.3. The van der Waals surface area contributed by atoms with Crippen molar-refractivity contribution in [2.45, 2.75) is 32.2 Å². The van der Waals surface area contributed by atoms with E-state index in [1.54, 1.807) is 0 Å². The molecule has 1 fully saturated rings. The number of nitriles is 1. The molecule has 128 valence electrons. The number of hydrogen-bond donors (Lipinski definition) is 2. The molecule has 0 unspecified atom stereocenters. The summed E-state index contributed by atoms with van der Waals surface area (Å²) in [6.45, 7) is 0.327. The van der Waals surface area contributed by atoms with Gasteiger partial charge in [-0.15, -0.1) is 11.3 Å². The number of carboxylic acid groups (broad SMARTS) is 1. The molecule has 2 aromatic rings. The van der Waals surface area contributed by atoms with Crippen LogP contribution in [0, 0.1) is 16.7 Å². The monoisotopic (exact) mass is 355 g/mol. The molecule has 0 bridgehead atoms. The number of aromatic nitrogens is 1. The summed E-state index contributed by atoms with van der Waals surface area (Å²) in [6, 6.07) is 9.63. The van der Waals surface area contributed by atoms with Gasteiger partial charge in [-0.3, -0.25) is 4.79 Å². The molecule has 3 rings (SSSR count). The lowest BCUT2D eigenvalue weighted by atomic mass is 9.87. The summed E-state index contributed by atoms with van der Waals surface area (Å²) < 4.78 is 0. The van der Waals surface area contributed by atoms with E-state index >= 15 is 0 Å². The van der Waals surface area contributed by atoms with E-state index in [2.05, 4.69) is 16.4 Å². The maximum atomic E-state index is 12.4. The van der Waals surface area contributed by atoms with Crippen molar-refractivity contribution < 1.29 is 14.7 Å². The number of amides is 1. The third kappa shape index (κ3) is 3.54. The molecule has 1 aliphatic carbocycles. The number of rotatable bonds is 5. The fourth-order valence-electron chi connectivity index (χ4n) is 3.04. The Morgan fingerprint density at radius 1 is 1.36 bits per heavy atom. The van der Waals surface area contributed by atoms with E-state index in [-0.39, 0.29) is 11.6 Å². The molecule has 1 aromatic heterocycles. The molecular formula is C18H17N3O3S. The van der Waals surface area contributed by atoms with E-state index in [9.17, 15) is 14.9 Å². The average Bonchev–Trinajstić information content (AvgIpc) is 3.30. The van der Waals surface area contributed by atoms with Crippen LogP contribution in [0.25, 0.3) is 10.6 Å². The predicted molar refractivity (Wildman–Crippen MR) is 92.9 cm³/mol. The van der Waals surface area contributed by atoms with E-state index in [4.69, 9.17) is 5.11 Å². The van der Waals surface area contributed by atoms with E-state index in [1.807, 2.05) is 24.3 Å². The van der Waals surface area contributed by atoms with Crippen LogP contribution in [0.5, 0.6) is 0 Å². The summed E-state index contributed by atoms with van der Waals surface area (Å²) >= 11 is 1.27. The Hall–Kier alpha value is -2.72. The van der Waals surface area contributed by atoms with Crippen molar-refractivity contribution in [1.29, 1.82) is 5.26 Å². The predicted octanol–water partition coefficient (Wildman–Crippen LogP) is 3.21. The van der Waals surface area contributed by atoms with Crippen LogP contribution in [0.15, 0.2) is 29.6 Å². The van der Waals surface area contributed by atoms with E-state index in [0.717, 1.165) is 24.0 Å². The Balaban J connectivity index is 1.70. The summed E-state index contributed by atoms with van der Waals surface area (Å²) in [4.78, 5) is 27.4. The standard InChI is InChI=1S/C18H17N3O3S/c19-11-18(6-1-2-7-18)17(24)20-9-12-4-3-5-13(8-12)15-21-14(10-25-15)16(22)23/h3-5,8,10H,1-2,6-7,9H2,(H,20,24)(H,22,23). The van der Waals surface area contributed by atoms with Gasteiger partial charge in [0.15, 0.2) is 5.69 Å². The highest BCUT2D eigenvalue weighted by Crippen LogP contribution is 2.37. The van der Waals surface area contributed by atoms with Crippen LogP contribution < -0.4 is 5.32 Å². The molecule has 1 aromatic carbocycles. The van der Waals surface area contributed by atoms with Gasteiger partial charge in [-0.2, -0.15) is 5.26 Å². The van der Waals surface area contributed by atoms with Gasteiger partial charge in [-0.1, -0.05) is 31.0 Å². The van der Waals surface area contributed by atoms with Gasteiger partial charge >= 0.3 is 5.97 Å². The van der Waals surface area contributed by atoms with Crippen molar-refractivity contribution in [3.05, 3.63) is 40.9 Å². The topological polar surface area (TPSA) is 103 Å². The quantitative estimate of drug-likeness (QED) is 0.857. The highest BCUT2D eigenvalue weighted by molar-refractivity contribution is 7.13. The van der Waals surface area contributed by atoms with Crippen LogP contribution in [0.3, 0.4) is 0 Å². The first-order valence-corrected chi connectivity index (χ1v) is 8.90. The number of nitrogens with one attached hydrogen (secondary N) is 1. The van der Waals surface area contributed by atoms with Gasteiger partial charge in [0.1, 0.15) is 10.4 Å². The highest BCUT2D eigenvalue weighted by atomic mass is 32.1. The normalized spacial score (nSPS) is 15.5. The number of aromatic carboxylic acids is 1. The first-order chi connectivity index (χ1) is 12.0. The molecular weight excluding hydrogens is 338 g/mol. The summed E-state index contributed by atoms with van der Waals surface area (Å²) in [7, 11) is 0. The number of carboxylic acids is 1. The van der Waals surface area contributed by atoms with E-state index < -0.39 is 11.4 Å². The van der Waals surface area contributed by atoms with Crippen LogP contribution in [0.4, 0.5) is 0 Å². The molecule has 6 nitrogen and oxygen atoms in total. The Morgan fingerprint density at radius 2 is 2.12 bits per heavy atom. The van der Waals surface area contributed by atoms with Gasteiger partial charge in [-0.05, 0) is 24.5 Å². The van der Waals surface area contributed by atoms with Crippen molar-refractivity contribution in [3.63, 3.8) is 0 Å². The summed E-state index contributed by atoms with van der Waals surface area (Å²) in [6.07, 6.45) is 3.05. The second-order valence-electron chi connectivity index (χ2n) is 6.13. The second-order valence-corrected chi connectivity index (χ2v) is 6.99. The number of benzene rings is 1. The Kier molecular flexibility index (Phi) is 4.81. The van der Waals surface area contributed by atoms with Crippen LogP contribution in [-0.4, -0.2) is 22.0 Å². The fourth-order valence-corrected chi connectivity index (χ4v) is 3.83. The SMILES string of the molecule is N#CC1(C(=O)NCc2cccc(-c3nc(C(=O)O)cs3)c2)CCCC1. The molecule has 0 spiro atoms. The zero-order valence-corrected chi connectivity index (χ0v) is 14.3. The van der Waals surface area contributed by atoms with Crippen LogP contribution in [-0.2, 0) is 11.3 Å². The minimum atomic E-state index is -1.05. The lowest BCUT2D eigenvalue weighted by molar-refractivity contribution is -0.128. The number of thiazole rings is 1. The van der Waals surface area contributed by atoms with E-state index in [0.29, 0.717) is 24.4 Å². The van der Waals surface area contributed by atoms with Crippen LogP contribution in [0.1, 0.15) is 41.7 Å². The first-order valence-electron chi connectivity index (χ1n) is 8.02. The molecule has 1 aliphatic rings. The van der Waals surface area contributed by atoms with Crippen molar-refractivity contribution in [2.75, 3.05) is 0 Å².